The smallest absolute Gasteiger partial charge is 0.418 e. The maximum Gasteiger partial charge on any atom is 0.418 e. The molecule has 0 saturated carbocycles. The van der Waals surface area contributed by atoms with Gasteiger partial charge in [-0.2, -0.15) is 13.5 Å². The predicted molar refractivity (Wildman–Crippen MR) is 85.9 cm³/mol. The molecule has 3 aliphatic rings. The van der Waals surface area contributed by atoms with E-state index in [1.54, 1.807) is 0 Å². The van der Waals surface area contributed by atoms with Gasteiger partial charge in [0, 0.05) is 13.0 Å². The molecule has 4 heterocycles. The summed E-state index contributed by atoms with van der Waals surface area (Å²) in [5.41, 5.74) is 0. The lowest BCUT2D eigenvalue weighted by atomic mass is 9.96. The van der Waals surface area contributed by atoms with Crippen LogP contribution in [0.4, 0.5) is 4.79 Å². The first-order chi connectivity index (χ1) is 12.4. The Labute approximate surface area is 150 Å². The highest BCUT2D eigenvalue weighted by atomic mass is 32.3. The molecule has 26 heavy (non-hydrogen) atoms. The Balaban J connectivity index is 1.38. The van der Waals surface area contributed by atoms with Crippen LogP contribution in [0.2, 0.25) is 0 Å². The molecule has 1 aromatic heterocycles. The highest BCUT2D eigenvalue weighted by Gasteiger charge is 2.49. The minimum atomic E-state index is -4.75. The Morgan fingerprint density at radius 1 is 1.31 bits per heavy atom. The molecule has 11 nitrogen and oxygen atoms in total. The van der Waals surface area contributed by atoms with Gasteiger partial charge in [0.15, 0.2) is 0 Å². The number of hydrogen-bond donors (Lipinski definition) is 2. The predicted octanol–water partition coefficient (Wildman–Crippen LogP) is 0.287. The van der Waals surface area contributed by atoms with Crippen LogP contribution in [0.15, 0.2) is 4.42 Å². The molecule has 0 aromatic carbocycles. The highest BCUT2D eigenvalue weighted by molar-refractivity contribution is 7.80. The van der Waals surface area contributed by atoms with Crippen LogP contribution in [-0.2, 0) is 21.1 Å². The quantitative estimate of drug-likeness (QED) is 0.632. The molecule has 2 atom stereocenters. The third kappa shape index (κ3) is 3.54. The number of piperidine rings is 1. The lowest BCUT2D eigenvalue weighted by Gasteiger charge is -2.27. The SMILES string of the molecule is O=C1N2C[C@H](CC[C@H]2c2nnc(CCCC3CNC3)o2)N1OS(=O)(=O)O. The van der Waals surface area contributed by atoms with Gasteiger partial charge in [-0.3, -0.25) is 4.55 Å². The van der Waals surface area contributed by atoms with E-state index in [2.05, 4.69) is 19.8 Å². The largest absolute Gasteiger partial charge is 0.423 e. The van der Waals surface area contributed by atoms with Gasteiger partial charge in [-0.15, -0.1) is 14.5 Å². The number of hydrogen-bond acceptors (Lipinski definition) is 8. The summed E-state index contributed by atoms with van der Waals surface area (Å²) < 4.78 is 40.8. The van der Waals surface area contributed by atoms with E-state index in [1.165, 1.54) is 4.90 Å². The number of aryl methyl sites for hydroxylation is 1. The van der Waals surface area contributed by atoms with E-state index >= 15 is 0 Å². The molecule has 144 valence electrons. The van der Waals surface area contributed by atoms with Crippen LogP contribution in [0.1, 0.15) is 43.5 Å². The van der Waals surface area contributed by atoms with Crippen LogP contribution < -0.4 is 5.32 Å². The molecule has 12 heteroatoms. The average Bonchev–Trinajstić information content (AvgIpc) is 3.09. The highest BCUT2D eigenvalue weighted by Crippen LogP contribution is 2.38. The Morgan fingerprint density at radius 2 is 2.12 bits per heavy atom. The van der Waals surface area contributed by atoms with E-state index < -0.39 is 28.5 Å². The maximum absolute atomic E-state index is 12.4. The van der Waals surface area contributed by atoms with Gasteiger partial charge in [0.2, 0.25) is 11.8 Å². The lowest BCUT2D eigenvalue weighted by molar-refractivity contribution is -0.0317. The van der Waals surface area contributed by atoms with Crippen molar-refractivity contribution >= 4 is 16.4 Å². The minimum Gasteiger partial charge on any atom is -0.423 e. The number of nitrogens with zero attached hydrogens (tertiary/aromatic N) is 4. The van der Waals surface area contributed by atoms with Crippen LogP contribution >= 0.6 is 0 Å². The lowest BCUT2D eigenvalue weighted by Crippen LogP contribution is -2.41. The molecule has 3 fully saturated rings. The third-order valence-corrected chi connectivity index (χ3v) is 5.48. The van der Waals surface area contributed by atoms with E-state index in [1.807, 2.05) is 0 Å². The molecule has 1 aromatic rings. The van der Waals surface area contributed by atoms with E-state index in [-0.39, 0.29) is 6.54 Å². The Bertz CT molecular complexity index is 779. The standard InChI is InChI=1S/C14H21N5O6S/c20-14-18-8-10(19(14)25-26(21,22)23)4-5-11(18)13-17-16-12(24-13)3-1-2-9-6-15-7-9/h9-11,15H,1-8H2,(H,21,22,23)/t10-,11-/m0/s1. The van der Waals surface area contributed by atoms with Gasteiger partial charge in [-0.05, 0) is 44.7 Å². The topological polar surface area (TPSA) is 138 Å². The molecule has 2 amide bonds. The second-order valence-corrected chi connectivity index (χ2v) is 7.97. The van der Waals surface area contributed by atoms with Crippen LogP contribution in [0, 0.1) is 5.92 Å². The van der Waals surface area contributed by atoms with Gasteiger partial charge < -0.3 is 14.6 Å². The summed E-state index contributed by atoms with van der Waals surface area (Å²) in [7, 11) is -4.75. The molecular weight excluding hydrogens is 366 g/mol. The molecule has 0 radical (unpaired) electrons. The summed E-state index contributed by atoms with van der Waals surface area (Å²) in [6.45, 7) is 2.42. The van der Waals surface area contributed by atoms with Crippen molar-refractivity contribution in [2.75, 3.05) is 19.6 Å². The molecule has 2 bridgehead atoms. The third-order valence-electron chi connectivity index (χ3n) is 5.13. The van der Waals surface area contributed by atoms with Crippen molar-refractivity contribution < 1.29 is 26.5 Å². The second kappa shape index (κ2) is 6.76. The van der Waals surface area contributed by atoms with E-state index in [0.717, 1.165) is 31.8 Å². The van der Waals surface area contributed by atoms with Crippen molar-refractivity contribution in [3.05, 3.63) is 11.8 Å². The van der Waals surface area contributed by atoms with Gasteiger partial charge in [0.25, 0.3) is 0 Å². The summed E-state index contributed by atoms with van der Waals surface area (Å²) in [5.74, 6) is 1.63. The monoisotopic (exact) mass is 387 g/mol. The van der Waals surface area contributed by atoms with E-state index in [4.69, 9.17) is 8.97 Å². The number of amides is 2. The first kappa shape index (κ1) is 17.6. The van der Waals surface area contributed by atoms with Crippen LogP contribution in [0.5, 0.6) is 0 Å². The second-order valence-electron chi connectivity index (χ2n) is 6.96. The molecule has 3 saturated heterocycles. The molecule has 4 rings (SSSR count). The zero-order chi connectivity index (χ0) is 18.3. The number of rotatable bonds is 7. The molecule has 0 spiro atoms. The van der Waals surface area contributed by atoms with Gasteiger partial charge >= 0.3 is 16.4 Å². The average molecular weight is 387 g/mol. The minimum absolute atomic E-state index is 0.283. The summed E-state index contributed by atoms with van der Waals surface area (Å²) in [6.07, 6.45) is 3.85. The zero-order valence-electron chi connectivity index (χ0n) is 14.1. The summed E-state index contributed by atoms with van der Waals surface area (Å²) in [5, 5.41) is 12.1. The molecular formula is C14H21N5O6S. The van der Waals surface area contributed by atoms with E-state index in [0.29, 0.717) is 36.1 Å². The fourth-order valence-electron chi connectivity index (χ4n) is 3.69. The van der Waals surface area contributed by atoms with Gasteiger partial charge in [0.05, 0.1) is 6.04 Å². The van der Waals surface area contributed by atoms with E-state index in [9.17, 15) is 13.2 Å². The summed E-state index contributed by atoms with van der Waals surface area (Å²) >= 11 is 0. The summed E-state index contributed by atoms with van der Waals surface area (Å²) in [6, 6.07) is -1.47. The number of carbonyl (C=O) groups is 1. The zero-order valence-corrected chi connectivity index (χ0v) is 14.9. The number of urea groups is 1. The van der Waals surface area contributed by atoms with Crippen molar-refractivity contribution in [2.24, 2.45) is 5.92 Å². The molecule has 0 aliphatic carbocycles. The van der Waals surface area contributed by atoms with Gasteiger partial charge in [-0.1, -0.05) is 0 Å². The maximum atomic E-state index is 12.4. The van der Waals surface area contributed by atoms with Crippen LogP contribution in [0.3, 0.4) is 0 Å². The van der Waals surface area contributed by atoms with Gasteiger partial charge in [0.1, 0.15) is 6.04 Å². The first-order valence-corrected chi connectivity index (χ1v) is 10.1. The molecule has 2 N–H and O–H groups in total. The molecule has 0 unspecified atom stereocenters. The number of fused-ring (bicyclic) bond motifs is 2. The van der Waals surface area contributed by atoms with Crippen molar-refractivity contribution in [3.8, 4) is 0 Å². The number of aromatic nitrogens is 2. The fourth-order valence-corrected chi connectivity index (χ4v) is 4.07. The Hall–Kier alpha value is -1.76. The van der Waals surface area contributed by atoms with Gasteiger partial charge in [-0.25, -0.2) is 4.79 Å². The van der Waals surface area contributed by atoms with Crippen molar-refractivity contribution in [1.29, 1.82) is 0 Å². The van der Waals surface area contributed by atoms with Crippen molar-refractivity contribution in [1.82, 2.24) is 25.5 Å². The Kier molecular flexibility index (Phi) is 4.59. The normalized spacial score (nSPS) is 26.4. The number of carbonyl (C=O) groups excluding carboxylic acids is 1. The molecule has 3 aliphatic heterocycles. The van der Waals surface area contributed by atoms with Crippen molar-refractivity contribution in [2.45, 2.75) is 44.2 Å². The van der Waals surface area contributed by atoms with Crippen molar-refractivity contribution in [3.63, 3.8) is 0 Å². The number of hydroxylamine groups is 2. The first-order valence-electron chi connectivity index (χ1n) is 8.70. The fraction of sp³-hybridized carbons (Fsp3) is 0.786. The van der Waals surface area contributed by atoms with Crippen LogP contribution in [-0.4, -0.2) is 64.8 Å². The Morgan fingerprint density at radius 3 is 2.81 bits per heavy atom. The summed E-state index contributed by atoms with van der Waals surface area (Å²) in [4.78, 5) is 13.8. The number of nitrogens with one attached hydrogen (secondary N) is 1. The van der Waals surface area contributed by atoms with Crippen LogP contribution in [0.25, 0.3) is 0 Å².